The molecule has 1 heterocycles. The van der Waals surface area contributed by atoms with Crippen LogP contribution in [0.25, 0.3) is 0 Å². The van der Waals surface area contributed by atoms with Gasteiger partial charge in [0.2, 0.25) is 0 Å². The topological polar surface area (TPSA) is 17.1 Å². The Balaban J connectivity index is 2.25. The maximum absolute atomic E-state index is 10.4. The van der Waals surface area contributed by atoms with E-state index >= 15 is 0 Å². The highest BCUT2D eigenvalue weighted by molar-refractivity contribution is 8.13. The molecule has 1 nitrogen and oxygen atoms in total. The molecule has 0 unspecified atom stereocenters. The fourth-order valence-electron chi connectivity index (χ4n) is 0.466. The summed E-state index contributed by atoms with van der Waals surface area (Å²) < 4.78 is 0. The second kappa shape index (κ2) is 2.36. The van der Waals surface area contributed by atoms with Crippen molar-refractivity contribution in [2.75, 3.05) is 5.75 Å². The zero-order valence-corrected chi connectivity index (χ0v) is 4.75. The molecule has 0 aliphatic carbocycles. The number of thioether (sulfide) groups is 1. The average molecular weight is 114 g/mol. The van der Waals surface area contributed by atoms with Crippen molar-refractivity contribution in [1.29, 1.82) is 0 Å². The fourth-order valence-corrected chi connectivity index (χ4v) is 1.12. The van der Waals surface area contributed by atoms with Gasteiger partial charge in [-0.3, -0.25) is 4.79 Å². The first-order valence-corrected chi connectivity index (χ1v) is 3.24. The Morgan fingerprint density at radius 3 is 2.86 bits per heavy atom. The second-order valence-corrected chi connectivity index (χ2v) is 2.44. The van der Waals surface area contributed by atoms with Crippen LogP contribution >= 0.6 is 11.8 Å². The number of rotatable bonds is 0. The Morgan fingerprint density at radius 2 is 2.57 bits per heavy atom. The smallest absolute Gasteiger partial charge is 0.188 e. The van der Waals surface area contributed by atoms with E-state index in [0.29, 0.717) is 11.5 Å². The lowest BCUT2D eigenvalue weighted by Crippen LogP contribution is -2.00. The van der Waals surface area contributed by atoms with Crippen molar-refractivity contribution in [3.05, 3.63) is 6.42 Å². The molecule has 1 aliphatic rings. The summed E-state index contributed by atoms with van der Waals surface area (Å²) in [6.45, 7) is 0. The van der Waals surface area contributed by atoms with Crippen molar-refractivity contribution in [2.24, 2.45) is 0 Å². The molecule has 0 saturated carbocycles. The number of hydrogen-bond donors (Lipinski definition) is 0. The van der Waals surface area contributed by atoms with Gasteiger partial charge < -0.3 is 0 Å². The Kier molecular flexibility index (Phi) is 1.74. The van der Waals surface area contributed by atoms with Crippen LogP contribution in [0.5, 0.6) is 0 Å². The minimum absolute atomic E-state index is 0.318. The largest absolute Gasteiger partial charge is 0.287 e. The average Bonchev–Trinajstić information content (AvgIpc) is 1.69. The summed E-state index contributed by atoms with van der Waals surface area (Å²) in [6, 6.07) is 0. The fraction of sp³-hybridized carbons (Fsp3) is 0.600. The summed E-state index contributed by atoms with van der Waals surface area (Å²) in [7, 11) is 0. The molecule has 0 aromatic rings. The molecule has 2 heteroatoms. The van der Waals surface area contributed by atoms with E-state index in [1.54, 1.807) is 0 Å². The van der Waals surface area contributed by atoms with Crippen LogP contribution in [0.3, 0.4) is 0 Å². The Bertz CT molecular complexity index is 72.1. The third-order valence-corrected chi connectivity index (χ3v) is 1.72. The third-order valence-electron chi connectivity index (χ3n) is 0.841. The standard InChI is InChI=1S/C5H6OS/c6-5-3-1-2-4-7-5/h1,3-4H2. The summed E-state index contributed by atoms with van der Waals surface area (Å²) in [6.07, 6.45) is 4.62. The first kappa shape index (κ1) is 5.16. The van der Waals surface area contributed by atoms with E-state index in [1.165, 1.54) is 11.8 Å². The molecule has 1 rings (SSSR count). The van der Waals surface area contributed by atoms with Crippen molar-refractivity contribution in [3.63, 3.8) is 0 Å². The molecule has 1 aliphatic heterocycles. The van der Waals surface area contributed by atoms with Gasteiger partial charge in [0.05, 0.1) is 0 Å². The number of carbonyl (C=O) groups is 1. The number of carbonyl (C=O) groups excluding carboxylic acids is 1. The summed E-state index contributed by atoms with van der Waals surface area (Å²) in [5, 5.41) is 0.318. The molecule has 1 fully saturated rings. The molecule has 38 valence electrons. The maximum atomic E-state index is 10.4. The highest BCUT2D eigenvalue weighted by atomic mass is 32.2. The van der Waals surface area contributed by atoms with Crippen LogP contribution in [0.2, 0.25) is 0 Å². The summed E-state index contributed by atoms with van der Waals surface area (Å²) >= 11 is 1.37. The van der Waals surface area contributed by atoms with Gasteiger partial charge in [-0.2, -0.15) is 0 Å². The zero-order chi connectivity index (χ0) is 5.11. The summed E-state index contributed by atoms with van der Waals surface area (Å²) in [5.74, 6) is 0.804. The predicted molar refractivity (Wildman–Crippen MR) is 29.9 cm³/mol. The first-order valence-electron chi connectivity index (χ1n) is 2.26. The van der Waals surface area contributed by atoms with Crippen molar-refractivity contribution in [1.82, 2.24) is 0 Å². The molecule has 0 amide bonds. The van der Waals surface area contributed by atoms with E-state index in [-0.39, 0.29) is 0 Å². The summed E-state index contributed by atoms with van der Waals surface area (Å²) in [4.78, 5) is 10.4. The van der Waals surface area contributed by atoms with Gasteiger partial charge in [0, 0.05) is 12.2 Å². The SMILES string of the molecule is O=C1CC[C]CS1. The lowest BCUT2D eigenvalue weighted by molar-refractivity contribution is -0.111. The molecule has 0 N–H and O–H groups in total. The summed E-state index contributed by atoms with van der Waals surface area (Å²) in [5.41, 5.74) is 0. The molecule has 0 atom stereocenters. The van der Waals surface area contributed by atoms with Crippen LogP contribution in [0.1, 0.15) is 12.8 Å². The molecule has 0 bridgehead atoms. The molecule has 0 spiro atoms. The van der Waals surface area contributed by atoms with E-state index in [1.807, 2.05) is 0 Å². The van der Waals surface area contributed by atoms with Crippen molar-refractivity contribution >= 4 is 16.9 Å². The predicted octanol–water partition coefficient (Wildman–Crippen LogP) is 1.12. The molecular weight excluding hydrogens is 108 g/mol. The van der Waals surface area contributed by atoms with Crippen LogP contribution in [0, 0.1) is 6.42 Å². The van der Waals surface area contributed by atoms with Crippen LogP contribution in [-0.4, -0.2) is 10.9 Å². The van der Waals surface area contributed by atoms with E-state index in [4.69, 9.17) is 0 Å². The lowest BCUT2D eigenvalue weighted by Gasteiger charge is -2.03. The van der Waals surface area contributed by atoms with E-state index in [2.05, 4.69) is 6.42 Å². The second-order valence-electron chi connectivity index (χ2n) is 1.41. The molecule has 1 saturated heterocycles. The van der Waals surface area contributed by atoms with Gasteiger partial charge >= 0.3 is 0 Å². The zero-order valence-electron chi connectivity index (χ0n) is 3.94. The minimum atomic E-state index is 0.318. The van der Waals surface area contributed by atoms with Crippen molar-refractivity contribution < 1.29 is 4.79 Å². The molecule has 0 aromatic heterocycles. The Hall–Kier alpha value is 0.0200. The van der Waals surface area contributed by atoms with Crippen molar-refractivity contribution in [2.45, 2.75) is 12.8 Å². The monoisotopic (exact) mass is 114 g/mol. The van der Waals surface area contributed by atoms with E-state index in [9.17, 15) is 4.79 Å². The van der Waals surface area contributed by atoms with E-state index < -0.39 is 0 Å². The normalized spacial score (nSPS) is 22.6. The lowest BCUT2D eigenvalue weighted by atomic mass is 10.3. The highest BCUT2D eigenvalue weighted by Gasteiger charge is 2.07. The quantitative estimate of drug-likeness (QED) is 0.469. The minimum Gasteiger partial charge on any atom is -0.287 e. The highest BCUT2D eigenvalue weighted by Crippen LogP contribution is 2.16. The van der Waals surface area contributed by atoms with Crippen LogP contribution < -0.4 is 0 Å². The molecule has 7 heavy (non-hydrogen) atoms. The van der Waals surface area contributed by atoms with Gasteiger partial charge in [-0.05, 0) is 12.8 Å². The van der Waals surface area contributed by atoms with Crippen LogP contribution in [-0.2, 0) is 4.79 Å². The molecular formula is C5H6OS. The van der Waals surface area contributed by atoms with E-state index in [0.717, 1.165) is 12.2 Å². The Morgan fingerprint density at radius 1 is 1.71 bits per heavy atom. The third kappa shape index (κ3) is 1.51. The number of hydrogen-bond acceptors (Lipinski definition) is 2. The van der Waals surface area contributed by atoms with Gasteiger partial charge in [-0.1, -0.05) is 11.8 Å². The molecule has 2 radical (unpaired) electrons. The van der Waals surface area contributed by atoms with Crippen molar-refractivity contribution in [3.8, 4) is 0 Å². The van der Waals surface area contributed by atoms with Crippen LogP contribution in [0.15, 0.2) is 0 Å². The van der Waals surface area contributed by atoms with Crippen LogP contribution in [0.4, 0.5) is 0 Å². The van der Waals surface area contributed by atoms with Gasteiger partial charge in [0.25, 0.3) is 0 Å². The van der Waals surface area contributed by atoms with Gasteiger partial charge in [-0.15, -0.1) is 0 Å². The van der Waals surface area contributed by atoms with Gasteiger partial charge in [0.1, 0.15) is 0 Å². The molecule has 0 aromatic carbocycles. The maximum Gasteiger partial charge on any atom is 0.188 e. The Labute approximate surface area is 47.5 Å². The van der Waals surface area contributed by atoms with Gasteiger partial charge in [-0.25, -0.2) is 0 Å². The van der Waals surface area contributed by atoms with Gasteiger partial charge in [0.15, 0.2) is 5.12 Å². The first-order chi connectivity index (χ1) is 3.39.